The summed E-state index contributed by atoms with van der Waals surface area (Å²) in [6, 6.07) is 9.60. The number of thioether (sulfide) groups is 1. The van der Waals surface area contributed by atoms with E-state index in [-0.39, 0.29) is 5.82 Å². The summed E-state index contributed by atoms with van der Waals surface area (Å²) in [4.78, 5) is 5.01. The quantitative estimate of drug-likeness (QED) is 0.837. The molecule has 4 heteroatoms. The average Bonchev–Trinajstić information content (AvgIpc) is 2.37. The van der Waals surface area contributed by atoms with Crippen molar-refractivity contribution in [2.24, 2.45) is 0 Å². The zero-order chi connectivity index (χ0) is 12.1. The van der Waals surface area contributed by atoms with Crippen molar-refractivity contribution in [3.63, 3.8) is 0 Å². The van der Waals surface area contributed by atoms with Crippen LogP contribution in [0.3, 0.4) is 0 Å². The van der Waals surface area contributed by atoms with Crippen molar-refractivity contribution in [1.82, 2.24) is 4.98 Å². The molecule has 0 radical (unpaired) electrons. The minimum absolute atomic E-state index is 0.304. The summed E-state index contributed by atoms with van der Waals surface area (Å²) in [5, 5.41) is 3.24. The highest BCUT2D eigenvalue weighted by molar-refractivity contribution is 7.98. The Morgan fingerprint density at radius 2 is 2.18 bits per heavy atom. The highest BCUT2D eigenvalue weighted by atomic mass is 32.2. The fraction of sp³-hybridized carbons (Fsp3) is 0.154. The molecule has 1 N–H and O–H groups in total. The first-order valence-electron chi connectivity index (χ1n) is 5.25. The highest BCUT2D eigenvalue weighted by Crippen LogP contribution is 2.19. The topological polar surface area (TPSA) is 24.9 Å². The molecule has 0 unspecified atom stereocenters. The lowest BCUT2D eigenvalue weighted by Gasteiger charge is -2.07. The van der Waals surface area contributed by atoms with Crippen LogP contribution in [0.4, 0.5) is 10.1 Å². The Morgan fingerprint density at radius 3 is 2.94 bits per heavy atom. The van der Waals surface area contributed by atoms with Crippen molar-refractivity contribution in [2.75, 3.05) is 11.6 Å². The van der Waals surface area contributed by atoms with Crippen LogP contribution in [0.15, 0.2) is 47.6 Å². The number of nitrogens with zero attached hydrogens (tertiary/aromatic N) is 1. The van der Waals surface area contributed by atoms with Crippen LogP contribution in [0, 0.1) is 5.82 Å². The van der Waals surface area contributed by atoms with Gasteiger partial charge in [0, 0.05) is 23.3 Å². The van der Waals surface area contributed by atoms with Gasteiger partial charge in [0.25, 0.3) is 0 Å². The number of hydrogen-bond donors (Lipinski definition) is 1. The van der Waals surface area contributed by atoms with E-state index < -0.39 is 0 Å². The van der Waals surface area contributed by atoms with Crippen LogP contribution in [0.2, 0.25) is 0 Å². The Morgan fingerprint density at radius 1 is 1.29 bits per heavy atom. The molecule has 1 aromatic heterocycles. The first-order chi connectivity index (χ1) is 8.28. The van der Waals surface area contributed by atoms with Crippen LogP contribution in [-0.2, 0) is 6.54 Å². The van der Waals surface area contributed by atoms with Gasteiger partial charge in [0.1, 0.15) is 5.82 Å². The van der Waals surface area contributed by atoms with Crippen molar-refractivity contribution in [3.05, 3.63) is 54.1 Å². The number of benzene rings is 1. The van der Waals surface area contributed by atoms with E-state index in [2.05, 4.69) is 22.4 Å². The van der Waals surface area contributed by atoms with Gasteiger partial charge >= 0.3 is 0 Å². The monoisotopic (exact) mass is 248 g/mol. The second-order valence-corrected chi connectivity index (χ2v) is 4.48. The molecule has 0 fully saturated rings. The Bertz CT molecular complexity index is 502. The Balaban J connectivity index is 2.02. The van der Waals surface area contributed by atoms with E-state index in [1.165, 1.54) is 17.2 Å². The number of rotatable bonds is 4. The van der Waals surface area contributed by atoms with Crippen LogP contribution >= 0.6 is 11.8 Å². The Labute approximate surface area is 104 Å². The van der Waals surface area contributed by atoms with E-state index in [0.29, 0.717) is 6.54 Å². The SMILES string of the molecule is CSc1cccc(NCc2cncc(F)c2)c1. The zero-order valence-corrected chi connectivity index (χ0v) is 10.3. The van der Waals surface area contributed by atoms with Gasteiger partial charge in [0.15, 0.2) is 0 Å². The fourth-order valence-corrected chi connectivity index (χ4v) is 1.95. The molecule has 88 valence electrons. The van der Waals surface area contributed by atoms with Crippen LogP contribution in [0.5, 0.6) is 0 Å². The van der Waals surface area contributed by atoms with Gasteiger partial charge < -0.3 is 5.32 Å². The van der Waals surface area contributed by atoms with E-state index >= 15 is 0 Å². The van der Waals surface area contributed by atoms with Gasteiger partial charge in [-0.2, -0.15) is 0 Å². The van der Waals surface area contributed by atoms with Gasteiger partial charge in [0.2, 0.25) is 0 Å². The summed E-state index contributed by atoms with van der Waals surface area (Å²) in [6.45, 7) is 0.572. The standard InChI is InChI=1S/C13H13FN2S/c1-17-13-4-2-3-12(6-13)16-8-10-5-11(14)9-15-7-10/h2-7,9,16H,8H2,1H3. The molecule has 0 saturated heterocycles. The average molecular weight is 248 g/mol. The van der Waals surface area contributed by atoms with Crippen LogP contribution in [0.25, 0.3) is 0 Å². The largest absolute Gasteiger partial charge is 0.381 e. The van der Waals surface area contributed by atoms with Crippen LogP contribution < -0.4 is 5.32 Å². The van der Waals surface area contributed by atoms with Gasteiger partial charge in [-0.05, 0) is 36.1 Å². The molecule has 0 amide bonds. The lowest BCUT2D eigenvalue weighted by molar-refractivity contribution is 0.619. The molecule has 1 heterocycles. The van der Waals surface area contributed by atoms with Gasteiger partial charge in [-0.1, -0.05) is 6.07 Å². The fourth-order valence-electron chi connectivity index (χ4n) is 1.49. The lowest BCUT2D eigenvalue weighted by Crippen LogP contribution is -2.00. The third-order valence-corrected chi connectivity index (χ3v) is 3.05. The van der Waals surface area contributed by atoms with E-state index in [4.69, 9.17) is 0 Å². The minimum Gasteiger partial charge on any atom is -0.381 e. The Hall–Kier alpha value is -1.55. The van der Waals surface area contributed by atoms with Gasteiger partial charge in [0.05, 0.1) is 6.20 Å². The molecular weight excluding hydrogens is 235 g/mol. The number of anilines is 1. The summed E-state index contributed by atoms with van der Waals surface area (Å²) in [6.07, 6.45) is 4.90. The summed E-state index contributed by atoms with van der Waals surface area (Å²) < 4.78 is 12.9. The third kappa shape index (κ3) is 3.46. The van der Waals surface area contributed by atoms with Gasteiger partial charge in [-0.25, -0.2) is 4.39 Å². The predicted octanol–water partition coefficient (Wildman–Crippen LogP) is 3.55. The maximum Gasteiger partial charge on any atom is 0.141 e. The second kappa shape index (κ2) is 5.68. The molecule has 1 aromatic carbocycles. The van der Waals surface area contributed by atoms with Crippen molar-refractivity contribution >= 4 is 17.4 Å². The van der Waals surface area contributed by atoms with Crippen molar-refractivity contribution in [3.8, 4) is 0 Å². The molecule has 0 spiro atoms. The minimum atomic E-state index is -0.304. The number of aromatic nitrogens is 1. The van der Waals surface area contributed by atoms with Gasteiger partial charge in [-0.15, -0.1) is 11.8 Å². The predicted molar refractivity (Wildman–Crippen MR) is 69.7 cm³/mol. The summed E-state index contributed by atoms with van der Waals surface area (Å²) >= 11 is 1.69. The molecule has 0 saturated carbocycles. The molecular formula is C13H13FN2S. The number of hydrogen-bond acceptors (Lipinski definition) is 3. The number of nitrogens with one attached hydrogen (secondary N) is 1. The molecule has 0 bridgehead atoms. The smallest absolute Gasteiger partial charge is 0.141 e. The molecule has 2 rings (SSSR count). The molecule has 2 aromatic rings. The number of pyridine rings is 1. The van der Waals surface area contributed by atoms with E-state index in [1.54, 1.807) is 18.0 Å². The summed E-state index contributed by atoms with van der Waals surface area (Å²) in [7, 11) is 0. The molecule has 0 aliphatic heterocycles. The lowest BCUT2D eigenvalue weighted by atomic mass is 10.2. The van der Waals surface area contributed by atoms with Gasteiger partial charge in [-0.3, -0.25) is 4.98 Å². The Kier molecular flexibility index (Phi) is 3.98. The normalized spacial score (nSPS) is 10.2. The van der Waals surface area contributed by atoms with Crippen molar-refractivity contribution in [2.45, 2.75) is 11.4 Å². The molecule has 0 aliphatic rings. The van der Waals surface area contributed by atoms with Crippen LogP contribution in [-0.4, -0.2) is 11.2 Å². The molecule has 0 atom stereocenters. The van der Waals surface area contributed by atoms with Crippen molar-refractivity contribution in [1.29, 1.82) is 0 Å². The molecule has 17 heavy (non-hydrogen) atoms. The molecule has 2 nitrogen and oxygen atoms in total. The van der Waals surface area contributed by atoms with Crippen molar-refractivity contribution < 1.29 is 4.39 Å². The highest BCUT2D eigenvalue weighted by Gasteiger charge is 1.97. The second-order valence-electron chi connectivity index (χ2n) is 3.60. The first kappa shape index (κ1) is 11.9. The van der Waals surface area contributed by atoms with E-state index in [1.807, 2.05) is 18.4 Å². The summed E-state index contributed by atoms with van der Waals surface area (Å²) in [5.41, 5.74) is 1.86. The maximum absolute atomic E-state index is 12.9. The third-order valence-electron chi connectivity index (χ3n) is 2.33. The number of halogens is 1. The zero-order valence-electron chi connectivity index (χ0n) is 9.48. The van der Waals surface area contributed by atoms with E-state index in [9.17, 15) is 4.39 Å². The molecule has 0 aliphatic carbocycles. The first-order valence-corrected chi connectivity index (χ1v) is 6.48. The maximum atomic E-state index is 12.9. The van der Waals surface area contributed by atoms with E-state index in [0.717, 1.165) is 11.3 Å². The van der Waals surface area contributed by atoms with Crippen LogP contribution in [0.1, 0.15) is 5.56 Å². The summed E-state index contributed by atoms with van der Waals surface area (Å²) in [5.74, 6) is -0.304.